The van der Waals surface area contributed by atoms with Crippen LogP contribution in [0.2, 0.25) is 0 Å². The summed E-state index contributed by atoms with van der Waals surface area (Å²) < 4.78 is 42.8. The van der Waals surface area contributed by atoms with Gasteiger partial charge in [0.05, 0.1) is 42.3 Å². The fourth-order valence-corrected chi connectivity index (χ4v) is 4.99. The lowest BCUT2D eigenvalue weighted by molar-refractivity contribution is 0.0993. The quantitative estimate of drug-likeness (QED) is 0.559. The highest BCUT2D eigenvalue weighted by Crippen LogP contribution is 2.61. The largest absolute Gasteiger partial charge is 0.298 e. The topological polar surface area (TPSA) is 107 Å². The molecular weight excluding hydrogens is 451 g/mol. The Morgan fingerprint density at radius 2 is 0.914 bits per heavy atom. The highest BCUT2D eigenvalue weighted by molar-refractivity contribution is 5.49. The number of nitriles is 4. The van der Waals surface area contributed by atoms with Gasteiger partial charge in [0.25, 0.3) is 0 Å². The van der Waals surface area contributed by atoms with Crippen molar-refractivity contribution in [3.05, 3.63) is 107 Å². The summed E-state index contributed by atoms with van der Waals surface area (Å²) in [5, 5.41) is 44.6. The minimum atomic E-state index is -2.14. The van der Waals surface area contributed by atoms with E-state index in [1.807, 2.05) is 24.3 Å². The van der Waals surface area contributed by atoms with E-state index < -0.39 is 46.3 Å². The summed E-state index contributed by atoms with van der Waals surface area (Å²) in [5.74, 6) is -3.43. The number of hydrogen-bond acceptors (Lipinski definition) is 5. The summed E-state index contributed by atoms with van der Waals surface area (Å²) in [7, 11) is 0. The number of benzene rings is 3. The molecule has 0 spiro atoms. The van der Waals surface area contributed by atoms with Crippen LogP contribution in [-0.4, -0.2) is 0 Å². The number of rotatable bonds is 3. The van der Waals surface area contributed by atoms with Crippen LogP contribution in [0.15, 0.2) is 72.8 Å². The maximum atomic E-state index is 14.3. The van der Waals surface area contributed by atoms with Crippen LogP contribution in [0, 0.1) is 73.6 Å². The molecule has 1 aliphatic rings. The summed E-state index contributed by atoms with van der Waals surface area (Å²) in [6, 6.07) is 20.9. The van der Waals surface area contributed by atoms with Crippen molar-refractivity contribution < 1.29 is 13.2 Å². The fourth-order valence-electron chi connectivity index (χ4n) is 4.99. The Morgan fingerprint density at radius 1 is 0.571 bits per heavy atom. The minimum absolute atomic E-state index is 0.0699. The van der Waals surface area contributed by atoms with Gasteiger partial charge >= 0.3 is 0 Å². The smallest absolute Gasteiger partial charge is 0.172 e. The van der Waals surface area contributed by atoms with Gasteiger partial charge in [0.2, 0.25) is 0 Å². The molecule has 1 aliphatic heterocycles. The lowest BCUT2D eigenvalue weighted by Gasteiger charge is -2.51. The molecule has 1 heterocycles. The summed E-state index contributed by atoms with van der Waals surface area (Å²) >= 11 is 0. The van der Waals surface area contributed by atoms with Gasteiger partial charge < -0.3 is 0 Å². The van der Waals surface area contributed by atoms with Gasteiger partial charge in [-0.15, -0.1) is 0 Å². The highest BCUT2D eigenvalue weighted by Gasteiger charge is 2.65. The van der Waals surface area contributed by atoms with Gasteiger partial charge in [0.15, 0.2) is 10.8 Å². The Bertz CT molecular complexity index is 1340. The van der Waals surface area contributed by atoms with E-state index in [0.717, 1.165) is 24.3 Å². The lowest BCUT2D eigenvalue weighted by atomic mass is 9.51. The Morgan fingerprint density at radius 3 is 1.26 bits per heavy atom. The predicted molar refractivity (Wildman–Crippen MR) is 118 cm³/mol. The molecule has 5 nitrogen and oxygen atoms in total. The lowest BCUT2D eigenvalue weighted by Crippen LogP contribution is -2.57. The van der Waals surface area contributed by atoms with E-state index in [0.29, 0.717) is 0 Å². The SMILES string of the molecule is N#CC1(C#N)C(c2cccc(F)c2)NC(c2cccc(F)c2)C(C#N)(C#N)C1c1cccc(F)c1. The molecule has 1 saturated heterocycles. The zero-order valence-electron chi connectivity index (χ0n) is 18.1. The highest BCUT2D eigenvalue weighted by atomic mass is 19.1. The van der Waals surface area contributed by atoms with Crippen molar-refractivity contribution in [2.75, 3.05) is 0 Å². The number of piperidine rings is 1. The molecule has 0 aromatic heterocycles. The Hall–Kier alpha value is -4.63. The van der Waals surface area contributed by atoms with Crippen LogP contribution < -0.4 is 5.32 Å². The molecule has 0 radical (unpaired) electrons. The summed E-state index contributed by atoms with van der Waals surface area (Å²) in [6.45, 7) is 0. The van der Waals surface area contributed by atoms with Crippen LogP contribution in [0.4, 0.5) is 13.2 Å². The number of nitrogens with zero attached hydrogens (tertiary/aromatic N) is 4. The Labute approximate surface area is 199 Å². The molecule has 3 aromatic carbocycles. The third-order valence-corrected chi connectivity index (χ3v) is 6.44. The van der Waals surface area contributed by atoms with Gasteiger partial charge in [-0.2, -0.15) is 21.0 Å². The monoisotopic (exact) mass is 467 g/mol. The molecule has 0 aliphatic carbocycles. The second-order valence-corrected chi connectivity index (χ2v) is 8.32. The first-order valence-electron chi connectivity index (χ1n) is 10.5. The molecule has 0 amide bonds. The van der Waals surface area contributed by atoms with E-state index in [4.69, 9.17) is 0 Å². The van der Waals surface area contributed by atoms with E-state index >= 15 is 0 Å². The minimum Gasteiger partial charge on any atom is -0.298 e. The summed E-state index contributed by atoms with van der Waals surface area (Å²) in [5.41, 5.74) is -3.80. The van der Waals surface area contributed by atoms with Gasteiger partial charge in [-0.25, -0.2) is 13.2 Å². The van der Waals surface area contributed by atoms with Gasteiger partial charge in [0, 0.05) is 0 Å². The van der Waals surface area contributed by atoms with E-state index in [9.17, 15) is 34.2 Å². The van der Waals surface area contributed by atoms with Crippen molar-refractivity contribution in [3.8, 4) is 24.3 Å². The predicted octanol–water partition coefficient (Wildman–Crippen LogP) is 5.34. The van der Waals surface area contributed by atoms with Crippen molar-refractivity contribution in [2.24, 2.45) is 10.8 Å². The van der Waals surface area contributed by atoms with E-state index in [-0.39, 0.29) is 16.7 Å². The van der Waals surface area contributed by atoms with Crippen LogP contribution in [0.5, 0.6) is 0 Å². The molecule has 2 atom stereocenters. The average Bonchev–Trinajstić information content (AvgIpc) is 2.87. The van der Waals surface area contributed by atoms with Crippen LogP contribution in [-0.2, 0) is 0 Å². The van der Waals surface area contributed by atoms with Crippen molar-refractivity contribution >= 4 is 0 Å². The van der Waals surface area contributed by atoms with Gasteiger partial charge in [-0.3, -0.25) is 5.32 Å². The van der Waals surface area contributed by atoms with Crippen molar-refractivity contribution in [3.63, 3.8) is 0 Å². The van der Waals surface area contributed by atoms with Crippen LogP contribution in [0.3, 0.4) is 0 Å². The van der Waals surface area contributed by atoms with Crippen molar-refractivity contribution in [2.45, 2.75) is 18.0 Å². The maximum absolute atomic E-state index is 14.3. The molecular formula is C27H16F3N5. The zero-order valence-corrected chi connectivity index (χ0v) is 18.1. The van der Waals surface area contributed by atoms with Crippen LogP contribution in [0.1, 0.15) is 34.7 Å². The van der Waals surface area contributed by atoms with E-state index in [1.54, 1.807) is 0 Å². The summed E-state index contributed by atoms with van der Waals surface area (Å²) in [6.07, 6.45) is 0. The molecule has 35 heavy (non-hydrogen) atoms. The second-order valence-electron chi connectivity index (χ2n) is 8.32. The molecule has 1 fully saturated rings. The zero-order chi connectivity index (χ0) is 25.2. The second kappa shape index (κ2) is 8.96. The molecule has 0 bridgehead atoms. The van der Waals surface area contributed by atoms with Crippen LogP contribution >= 0.6 is 0 Å². The molecule has 8 heteroatoms. The first-order chi connectivity index (χ1) is 16.8. The number of hydrogen-bond donors (Lipinski definition) is 1. The normalized spacial score (nSPS) is 22.1. The molecule has 2 unspecified atom stereocenters. The Kier molecular flexibility index (Phi) is 6.02. The number of halogens is 3. The van der Waals surface area contributed by atoms with Gasteiger partial charge in [-0.1, -0.05) is 36.4 Å². The summed E-state index contributed by atoms with van der Waals surface area (Å²) in [4.78, 5) is 0. The third-order valence-electron chi connectivity index (χ3n) is 6.44. The van der Waals surface area contributed by atoms with Gasteiger partial charge in [0.1, 0.15) is 17.5 Å². The molecule has 0 saturated carbocycles. The molecule has 170 valence electrons. The van der Waals surface area contributed by atoms with Crippen molar-refractivity contribution in [1.29, 1.82) is 21.0 Å². The van der Waals surface area contributed by atoms with Crippen LogP contribution in [0.25, 0.3) is 0 Å². The van der Waals surface area contributed by atoms with E-state index in [1.165, 1.54) is 48.5 Å². The van der Waals surface area contributed by atoms with Gasteiger partial charge in [-0.05, 0) is 53.1 Å². The number of nitrogens with one attached hydrogen (secondary N) is 1. The first-order valence-corrected chi connectivity index (χ1v) is 10.5. The molecule has 3 aromatic rings. The maximum Gasteiger partial charge on any atom is 0.172 e. The molecule has 1 N–H and O–H groups in total. The average molecular weight is 467 g/mol. The molecule has 4 rings (SSSR count). The standard InChI is InChI=1S/C27H16F3N5/c28-20-7-1-4-17(10-20)23-26(13-31,14-32)24(18-5-2-8-21(29)11-18)35-25(27(23,15-33)16-34)19-6-3-9-22(30)12-19/h1-12,23-25,35H. The first kappa shape index (κ1) is 23.5. The fraction of sp³-hybridized carbons (Fsp3) is 0.185. The third kappa shape index (κ3) is 3.68. The van der Waals surface area contributed by atoms with E-state index in [2.05, 4.69) is 5.32 Å². The Balaban J connectivity index is 2.11. The van der Waals surface area contributed by atoms with Crippen molar-refractivity contribution in [1.82, 2.24) is 5.32 Å².